The molecule has 0 amide bonds. The van der Waals surface area contributed by atoms with Crippen LogP contribution in [-0.4, -0.2) is 11.1 Å². The van der Waals surface area contributed by atoms with Crippen molar-refractivity contribution in [3.63, 3.8) is 0 Å². The maximum Gasteiger partial charge on any atom is 0.317 e. The monoisotopic (exact) mass is 272 g/mol. The SMILES string of the molecule is Cc1cc(Br)oc1C1(C(=O)O)CCCC1. The van der Waals surface area contributed by atoms with Gasteiger partial charge in [-0.05, 0) is 47.3 Å². The Bertz CT molecular complexity index is 389. The van der Waals surface area contributed by atoms with E-state index in [0.29, 0.717) is 23.3 Å². The van der Waals surface area contributed by atoms with E-state index in [1.807, 2.05) is 13.0 Å². The van der Waals surface area contributed by atoms with Crippen LogP contribution in [0.25, 0.3) is 0 Å². The van der Waals surface area contributed by atoms with Crippen molar-refractivity contribution >= 4 is 21.9 Å². The molecule has 1 heterocycles. The summed E-state index contributed by atoms with van der Waals surface area (Å²) in [5.74, 6) is -0.135. The zero-order valence-corrected chi connectivity index (χ0v) is 10.1. The van der Waals surface area contributed by atoms with Gasteiger partial charge in [-0.15, -0.1) is 0 Å². The van der Waals surface area contributed by atoms with Crippen molar-refractivity contribution in [1.82, 2.24) is 0 Å². The average Bonchev–Trinajstić information content (AvgIpc) is 2.72. The average molecular weight is 273 g/mol. The molecule has 4 heteroatoms. The van der Waals surface area contributed by atoms with E-state index in [2.05, 4.69) is 15.9 Å². The molecule has 1 aromatic heterocycles. The van der Waals surface area contributed by atoms with Crippen LogP contribution >= 0.6 is 15.9 Å². The molecular weight excluding hydrogens is 260 g/mol. The number of aliphatic carboxylic acids is 1. The Hall–Kier alpha value is -0.770. The van der Waals surface area contributed by atoms with Gasteiger partial charge in [-0.25, -0.2) is 0 Å². The van der Waals surface area contributed by atoms with Gasteiger partial charge in [0.1, 0.15) is 11.2 Å². The minimum absolute atomic E-state index is 0.613. The summed E-state index contributed by atoms with van der Waals surface area (Å²) in [6, 6.07) is 1.83. The highest BCUT2D eigenvalue weighted by Gasteiger charge is 2.46. The van der Waals surface area contributed by atoms with Crippen LogP contribution in [0.5, 0.6) is 0 Å². The molecule has 0 aromatic carbocycles. The normalized spacial score (nSPS) is 19.3. The Kier molecular flexibility index (Phi) is 2.63. The second-order valence-electron chi connectivity index (χ2n) is 4.16. The minimum atomic E-state index is -0.782. The molecule has 1 N–H and O–H groups in total. The highest BCUT2D eigenvalue weighted by molar-refractivity contribution is 9.10. The van der Waals surface area contributed by atoms with Gasteiger partial charge in [0, 0.05) is 0 Å². The molecule has 15 heavy (non-hydrogen) atoms. The molecule has 0 atom stereocenters. The van der Waals surface area contributed by atoms with Gasteiger partial charge in [-0.2, -0.15) is 0 Å². The topological polar surface area (TPSA) is 50.4 Å². The first-order valence-corrected chi connectivity index (χ1v) is 5.85. The molecule has 1 aliphatic carbocycles. The van der Waals surface area contributed by atoms with Crippen molar-refractivity contribution in [1.29, 1.82) is 0 Å². The number of carbonyl (C=O) groups is 1. The van der Waals surface area contributed by atoms with Crippen LogP contribution in [-0.2, 0) is 10.2 Å². The first-order chi connectivity index (χ1) is 7.06. The van der Waals surface area contributed by atoms with E-state index in [4.69, 9.17) is 4.42 Å². The molecular formula is C11H13BrO3. The van der Waals surface area contributed by atoms with Crippen molar-refractivity contribution in [2.75, 3.05) is 0 Å². The molecule has 2 rings (SSSR count). The second kappa shape index (κ2) is 3.67. The lowest BCUT2D eigenvalue weighted by atomic mass is 9.82. The maximum atomic E-state index is 11.4. The van der Waals surface area contributed by atoms with Crippen molar-refractivity contribution in [2.24, 2.45) is 0 Å². The molecule has 0 spiro atoms. The maximum absolute atomic E-state index is 11.4. The number of aryl methyl sites for hydroxylation is 1. The largest absolute Gasteiger partial charge is 0.480 e. The third-order valence-corrected chi connectivity index (χ3v) is 3.58. The number of furan rings is 1. The number of hydrogen-bond donors (Lipinski definition) is 1. The predicted octanol–water partition coefficient (Wildman–Crippen LogP) is 3.25. The summed E-state index contributed by atoms with van der Waals surface area (Å²) in [4.78, 5) is 11.4. The van der Waals surface area contributed by atoms with Crippen LogP contribution in [0.1, 0.15) is 37.0 Å². The highest BCUT2D eigenvalue weighted by atomic mass is 79.9. The molecule has 0 radical (unpaired) electrons. The minimum Gasteiger partial charge on any atom is -0.480 e. The molecule has 1 aliphatic rings. The van der Waals surface area contributed by atoms with Gasteiger partial charge in [0.25, 0.3) is 0 Å². The van der Waals surface area contributed by atoms with E-state index in [1.165, 1.54) is 0 Å². The number of hydrogen-bond acceptors (Lipinski definition) is 2. The summed E-state index contributed by atoms with van der Waals surface area (Å²) in [5.41, 5.74) is 0.141. The van der Waals surface area contributed by atoms with Gasteiger partial charge >= 0.3 is 5.97 Å². The van der Waals surface area contributed by atoms with E-state index in [-0.39, 0.29) is 0 Å². The van der Waals surface area contributed by atoms with E-state index >= 15 is 0 Å². The summed E-state index contributed by atoms with van der Waals surface area (Å²) in [5, 5.41) is 9.38. The van der Waals surface area contributed by atoms with E-state index in [9.17, 15) is 9.90 Å². The van der Waals surface area contributed by atoms with Crippen LogP contribution in [0, 0.1) is 6.92 Å². The van der Waals surface area contributed by atoms with Gasteiger partial charge in [0.2, 0.25) is 0 Å². The molecule has 0 aliphatic heterocycles. The third kappa shape index (κ3) is 1.61. The Labute approximate surface area is 96.6 Å². The zero-order chi connectivity index (χ0) is 11.1. The number of carboxylic acid groups (broad SMARTS) is 1. The summed E-state index contributed by atoms with van der Waals surface area (Å²) in [7, 11) is 0. The molecule has 1 saturated carbocycles. The standard InChI is InChI=1S/C11H13BrO3/c1-7-6-8(12)15-9(7)11(10(13)14)4-2-3-5-11/h6H,2-5H2,1H3,(H,13,14). The Balaban J connectivity index is 2.49. The molecule has 3 nitrogen and oxygen atoms in total. The number of carboxylic acids is 1. The van der Waals surface area contributed by atoms with Crippen LogP contribution in [0.2, 0.25) is 0 Å². The summed E-state index contributed by atoms with van der Waals surface area (Å²) < 4.78 is 6.11. The lowest BCUT2D eigenvalue weighted by molar-refractivity contribution is -0.144. The van der Waals surface area contributed by atoms with E-state index < -0.39 is 11.4 Å². The van der Waals surface area contributed by atoms with Crippen molar-refractivity contribution in [2.45, 2.75) is 38.0 Å². The van der Waals surface area contributed by atoms with Crippen LogP contribution in [0.4, 0.5) is 0 Å². The number of halogens is 1. The smallest absolute Gasteiger partial charge is 0.317 e. The molecule has 1 fully saturated rings. The third-order valence-electron chi connectivity index (χ3n) is 3.19. The Morgan fingerprint density at radius 2 is 2.13 bits per heavy atom. The fraction of sp³-hybridized carbons (Fsp3) is 0.545. The van der Waals surface area contributed by atoms with Gasteiger partial charge in [0.05, 0.1) is 0 Å². The first-order valence-electron chi connectivity index (χ1n) is 5.06. The highest BCUT2D eigenvalue weighted by Crippen LogP contribution is 2.44. The van der Waals surface area contributed by atoms with Crippen LogP contribution in [0.3, 0.4) is 0 Å². The number of rotatable bonds is 2. The van der Waals surface area contributed by atoms with Crippen molar-refractivity contribution in [3.05, 3.63) is 22.1 Å². The summed E-state index contributed by atoms with van der Waals surface area (Å²) in [6.45, 7) is 1.90. The van der Waals surface area contributed by atoms with Crippen LogP contribution in [0.15, 0.2) is 15.2 Å². The van der Waals surface area contributed by atoms with Gasteiger partial charge in [-0.3, -0.25) is 4.79 Å². The van der Waals surface area contributed by atoms with E-state index in [1.54, 1.807) is 0 Å². The molecule has 0 saturated heterocycles. The van der Waals surface area contributed by atoms with Gasteiger partial charge in [0.15, 0.2) is 4.67 Å². The quantitative estimate of drug-likeness (QED) is 0.899. The molecule has 82 valence electrons. The predicted molar refractivity (Wildman–Crippen MR) is 58.9 cm³/mol. The Morgan fingerprint density at radius 1 is 1.53 bits per heavy atom. The van der Waals surface area contributed by atoms with E-state index in [0.717, 1.165) is 18.4 Å². The van der Waals surface area contributed by atoms with Gasteiger partial charge in [-0.1, -0.05) is 12.8 Å². The van der Waals surface area contributed by atoms with Gasteiger partial charge < -0.3 is 9.52 Å². The van der Waals surface area contributed by atoms with Crippen molar-refractivity contribution < 1.29 is 14.3 Å². The lowest BCUT2D eigenvalue weighted by Gasteiger charge is -2.21. The molecule has 0 bridgehead atoms. The van der Waals surface area contributed by atoms with Crippen LogP contribution < -0.4 is 0 Å². The lowest BCUT2D eigenvalue weighted by Crippen LogP contribution is -2.32. The molecule has 1 aromatic rings. The first kappa shape index (κ1) is 10.7. The fourth-order valence-corrected chi connectivity index (χ4v) is 2.94. The Morgan fingerprint density at radius 3 is 2.53 bits per heavy atom. The zero-order valence-electron chi connectivity index (χ0n) is 8.55. The van der Waals surface area contributed by atoms with Crippen molar-refractivity contribution in [3.8, 4) is 0 Å². The second-order valence-corrected chi connectivity index (χ2v) is 4.94. The fourth-order valence-electron chi connectivity index (χ4n) is 2.43. The summed E-state index contributed by atoms with van der Waals surface area (Å²) >= 11 is 3.24. The summed E-state index contributed by atoms with van der Waals surface area (Å²) in [6.07, 6.45) is 3.29. The molecule has 0 unspecified atom stereocenters.